The van der Waals surface area contributed by atoms with E-state index in [1.807, 2.05) is 54.8 Å². The van der Waals surface area contributed by atoms with Crippen LogP contribution in [-0.2, 0) is 11.8 Å². The lowest BCUT2D eigenvalue weighted by Crippen LogP contribution is -2.17. The second-order valence-electron chi connectivity index (χ2n) is 5.49. The first kappa shape index (κ1) is 17.6. The molecule has 0 aliphatic carbocycles. The molecule has 1 N–H and O–H groups in total. The fourth-order valence-corrected chi connectivity index (χ4v) is 3.87. The molecule has 0 fully saturated rings. The summed E-state index contributed by atoms with van der Waals surface area (Å²) in [5.74, 6) is 0.161. The monoisotopic (exact) mass is 370 g/mol. The van der Waals surface area contributed by atoms with Crippen LogP contribution in [0.5, 0.6) is 0 Å². The number of carbonyl (C=O) groups is 1. The van der Waals surface area contributed by atoms with E-state index >= 15 is 0 Å². The lowest BCUT2D eigenvalue weighted by atomic mass is 10.2. The molecule has 1 amide bonds. The van der Waals surface area contributed by atoms with E-state index in [1.165, 1.54) is 11.8 Å². The number of aryl methyl sites for hydroxylation is 1. The van der Waals surface area contributed by atoms with Gasteiger partial charge in [0.25, 0.3) is 5.56 Å². The molecule has 1 aromatic heterocycles. The number of carbonyl (C=O) groups excluding carboxylic acids is 1. The van der Waals surface area contributed by atoms with Gasteiger partial charge in [-0.3, -0.25) is 9.59 Å². The molecule has 0 bridgehead atoms. The molecule has 3 rings (SSSR count). The number of hydrogen-bond donors (Lipinski definition) is 1. The molecule has 2 aromatic carbocycles. The van der Waals surface area contributed by atoms with Crippen LogP contribution in [0.2, 0.25) is 0 Å². The van der Waals surface area contributed by atoms with Crippen molar-refractivity contribution in [1.29, 1.82) is 0 Å². The maximum Gasteiger partial charge on any atom is 0.251 e. The zero-order chi connectivity index (χ0) is 17.8. The molecular formula is C19H18N2O2S2. The van der Waals surface area contributed by atoms with Crippen LogP contribution in [0.15, 0.2) is 69.2 Å². The van der Waals surface area contributed by atoms with Crippen LogP contribution >= 0.6 is 23.5 Å². The van der Waals surface area contributed by atoms with Crippen molar-refractivity contribution >= 4 is 46.0 Å². The molecular weight excluding hydrogens is 352 g/mol. The smallest absolute Gasteiger partial charge is 0.251 e. The minimum Gasteiger partial charge on any atom is -0.325 e. The fraction of sp³-hybridized carbons (Fsp3) is 0.158. The molecule has 0 spiro atoms. The Labute approximate surface area is 154 Å². The molecule has 0 aliphatic rings. The second kappa shape index (κ2) is 7.80. The van der Waals surface area contributed by atoms with Crippen molar-refractivity contribution in [3.63, 3.8) is 0 Å². The summed E-state index contributed by atoms with van der Waals surface area (Å²) in [6.45, 7) is 0. The van der Waals surface area contributed by atoms with Gasteiger partial charge in [-0.1, -0.05) is 24.3 Å². The third-order valence-electron chi connectivity index (χ3n) is 3.83. The normalized spacial score (nSPS) is 10.8. The number of rotatable bonds is 5. The van der Waals surface area contributed by atoms with Gasteiger partial charge in [-0.25, -0.2) is 0 Å². The first-order valence-electron chi connectivity index (χ1n) is 7.74. The SMILES string of the molecule is CSc1cccc(NC(=O)CSc2cc(=O)n(C)c3ccccc23)c1. The summed E-state index contributed by atoms with van der Waals surface area (Å²) in [4.78, 5) is 26.3. The molecule has 0 aliphatic heterocycles. The highest BCUT2D eigenvalue weighted by molar-refractivity contribution is 8.00. The number of thioether (sulfide) groups is 2. The molecule has 3 aromatic rings. The number of benzene rings is 2. The predicted octanol–water partition coefficient (Wildman–Crippen LogP) is 3.99. The molecule has 128 valence electrons. The van der Waals surface area contributed by atoms with Crippen LogP contribution in [-0.4, -0.2) is 22.5 Å². The highest BCUT2D eigenvalue weighted by atomic mass is 32.2. The van der Waals surface area contributed by atoms with Gasteiger partial charge in [0.05, 0.1) is 11.3 Å². The van der Waals surface area contributed by atoms with Crippen molar-refractivity contribution in [3.05, 3.63) is 65.0 Å². The van der Waals surface area contributed by atoms with Gasteiger partial charge in [0, 0.05) is 34.0 Å². The van der Waals surface area contributed by atoms with Gasteiger partial charge in [0.2, 0.25) is 5.91 Å². The maximum absolute atomic E-state index is 12.3. The van der Waals surface area contributed by atoms with Gasteiger partial charge in [-0.15, -0.1) is 23.5 Å². The minimum atomic E-state index is -0.0898. The Morgan fingerprint density at radius 2 is 1.92 bits per heavy atom. The highest BCUT2D eigenvalue weighted by Crippen LogP contribution is 2.26. The molecule has 0 atom stereocenters. The summed E-state index contributed by atoms with van der Waals surface area (Å²) in [5, 5.41) is 3.88. The van der Waals surface area contributed by atoms with E-state index < -0.39 is 0 Å². The number of anilines is 1. The summed E-state index contributed by atoms with van der Waals surface area (Å²) in [6, 6.07) is 17.0. The number of amides is 1. The van der Waals surface area contributed by atoms with Gasteiger partial charge in [0.1, 0.15) is 0 Å². The Balaban J connectivity index is 1.75. The topological polar surface area (TPSA) is 51.1 Å². The summed E-state index contributed by atoms with van der Waals surface area (Å²) in [5.41, 5.74) is 1.58. The molecule has 6 heteroatoms. The Morgan fingerprint density at radius 3 is 2.72 bits per heavy atom. The summed E-state index contributed by atoms with van der Waals surface area (Å²) in [6.07, 6.45) is 2.00. The first-order valence-corrected chi connectivity index (χ1v) is 9.95. The summed E-state index contributed by atoms with van der Waals surface area (Å²) >= 11 is 3.01. The molecule has 0 saturated heterocycles. The van der Waals surface area contributed by atoms with Crippen molar-refractivity contribution in [2.24, 2.45) is 7.05 Å². The molecule has 4 nitrogen and oxygen atoms in total. The Bertz CT molecular complexity index is 983. The van der Waals surface area contributed by atoms with E-state index in [0.717, 1.165) is 26.4 Å². The molecule has 1 heterocycles. The van der Waals surface area contributed by atoms with Crippen molar-refractivity contribution in [1.82, 2.24) is 4.57 Å². The van der Waals surface area contributed by atoms with E-state index in [4.69, 9.17) is 0 Å². The molecule has 0 saturated carbocycles. The largest absolute Gasteiger partial charge is 0.325 e. The minimum absolute atomic E-state index is 0.0747. The van der Waals surface area contributed by atoms with Crippen molar-refractivity contribution in [2.75, 3.05) is 17.3 Å². The zero-order valence-electron chi connectivity index (χ0n) is 14.0. The first-order chi connectivity index (χ1) is 12.1. The van der Waals surface area contributed by atoms with Crippen LogP contribution in [0, 0.1) is 0 Å². The predicted molar refractivity (Wildman–Crippen MR) is 107 cm³/mol. The lowest BCUT2D eigenvalue weighted by molar-refractivity contribution is -0.113. The van der Waals surface area contributed by atoms with E-state index in [1.54, 1.807) is 29.4 Å². The maximum atomic E-state index is 12.3. The van der Waals surface area contributed by atoms with Crippen molar-refractivity contribution < 1.29 is 4.79 Å². The van der Waals surface area contributed by atoms with Crippen LogP contribution in [0.3, 0.4) is 0 Å². The third kappa shape index (κ3) is 4.08. The van der Waals surface area contributed by atoms with Gasteiger partial charge < -0.3 is 9.88 Å². The average molecular weight is 370 g/mol. The summed E-state index contributed by atoms with van der Waals surface area (Å²) in [7, 11) is 1.75. The number of fused-ring (bicyclic) bond motifs is 1. The number of nitrogens with zero attached hydrogens (tertiary/aromatic N) is 1. The standard InChI is InChI=1S/C19H18N2O2S2/c1-21-16-9-4-3-8-15(16)17(11-19(21)23)25-12-18(22)20-13-6-5-7-14(10-13)24-2/h3-11H,12H2,1-2H3,(H,20,22). The molecule has 0 radical (unpaired) electrons. The van der Waals surface area contributed by atoms with Gasteiger partial charge in [-0.05, 0) is 30.5 Å². The summed E-state index contributed by atoms with van der Waals surface area (Å²) < 4.78 is 1.62. The van der Waals surface area contributed by atoms with E-state index in [0.29, 0.717) is 0 Å². The van der Waals surface area contributed by atoms with E-state index in [-0.39, 0.29) is 17.2 Å². The second-order valence-corrected chi connectivity index (χ2v) is 7.39. The van der Waals surface area contributed by atoms with Gasteiger partial charge >= 0.3 is 0 Å². The number of pyridine rings is 1. The fourth-order valence-electron chi connectivity index (χ4n) is 2.54. The van der Waals surface area contributed by atoms with E-state index in [2.05, 4.69) is 5.32 Å². The molecule has 0 unspecified atom stereocenters. The highest BCUT2D eigenvalue weighted by Gasteiger charge is 2.09. The Morgan fingerprint density at radius 1 is 1.12 bits per heavy atom. The van der Waals surface area contributed by atoms with Gasteiger partial charge in [0.15, 0.2) is 0 Å². The number of para-hydroxylation sites is 1. The average Bonchev–Trinajstić information content (AvgIpc) is 2.63. The van der Waals surface area contributed by atoms with Crippen LogP contribution in [0.1, 0.15) is 0 Å². The quantitative estimate of drug-likeness (QED) is 0.690. The Kier molecular flexibility index (Phi) is 5.50. The van der Waals surface area contributed by atoms with Gasteiger partial charge in [-0.2, -0.15) is 0 Å². The van der Waals surface area contributed by atoms with Crippen LogP contribution in [0.25, 0.3) is 10.9 Å². The number of hydrogen-bond acceptors (Lipinski definition) is 4. The van der Waals surface area contributed by atoms with Crippen molar-refractivity contribution in [2.45, 2.75) is 9.79 Å². The molecule has 25 heavy (non-hydrogen) atoms. The number of nitrogens with one attached hydrogen (secondary N) is 1. The zero-order valence-corrected chi connectivity index (χ0v) is 15.6. The van der Waals surface area contributed by atoms with Crippen molar-refractivity contribution in [3.8, 4) is 0 Å². The van der Waals surface area contributed by atoms with Crippen LogP contribution < -0.4 is 10.9 Å². The number of aromatic nitrogens is 1. The van der Waals surface area contributed by atoms with E-state index in [9.17, 15) is 9.59 Å². The Hall–Kier alpha value is -2.18. The third-order valence-corrected chi connectivity index (χ3v) is 5.61. The lowest BCUT2D eigenvalue weighted by Gasteiger charge is -2.10. The van der Waals surface area contributed by atoms with Crippen LogP contribution in [0.4, 0.5) is 5.69 Å².